The molecule has 0 spiro atoms. The SMILES string of the molecule is CCCCCCCCCCCCCCCCCCCCCC(O)C(CO)NC(=O)CCCCCCCCCCCCCCCCCCC/C=C\C/C=C\CCCCCCCCCCCCCOC(=O)CCCCCCCCCCCCCCCC. The number of unbranched alkanes of at least 4 members (excludes halogenated alkanes) is 59. The molecule has 6 nitrogen and oxygen atoms in total. The zero-order chi connectivity index (χ0) is 61.3. The number of esters is 1. The van der Waals surface area contributed by atoms with Crippen LogP contribution in [0.4, 0.5) is 0 Å². The smallest absolute Gasteiger partial charge is 0.305 e. The van der Waals surface area contributed by atoms with E-state index in [0.29, 0.717) is 25.9 Å². The molecule has 2 atom stereocenters. The Morgan fingerprint density at radius 3 is 0.894 bits per heavy atom. The van der Waals surface area contributed by atoms with Crippen LogP contribution >= 0.6 is 0 Å². The number of hydrogen-bond acceptors (Lipinski definition) is 5. The van der Waals surface area contributed by atoms with Gasteiger partial charge in [-0.2, -0.15) is 0 Å². The fourth-order valence-electron chi connectivity index (χ4n) is 12.6. The van der Waals surface area contributed by atoms with E-state index in [0.717, 1.165) is 44.9 Å². The van der Waals surface area contributed by atoms with Gasteiger partial charge in [0.15, 0.2) is 0 Å². The lowest BCUT2D eigenvalue weighted by Crippen LogP contribution is -2.45. The minimum absolute atomic E-state index is 0.0200. The molecule has 0 aliphatic heterocycles. The molecule has 0 aromatic rings. The molecule has 0 saturated heterocycles. The van der Waals surface area contributed by atoms with Crippen molar-refractivity contribution in [2.24, 2.45) is 0 Å². The molecule has 2 unspecified atom stereocenters. The van der Waals surface area contributed by atoms with Gasteiger partial charge >= 0.3 is 5.97 Å². The van der Waals surface area contributed by atoms with Gasteiger partial charge in [-0.05, 0) is 57.8 Å². The van der Waals surface area contributed by atoms with Gasteiger partial charge in [0.25, 0.3) is 0 Å². The van der Waals surface area contributed by atoms with Gasteiger partial charge < -0.3 is 20.3 Å². The fourth-order valence-corrected chi connectivity index (χ4v) is 12.6. The van der Waals surface area contributed by atoms with Crippen molar-refractivity contribution < 1.29 is 24.5 Å². The summed E-state index contributed by atoms with van der Waals surface area (Å²) in [5, 5.41) is 23.4. The average molecular weight is 1200 g/mol. The molecule has 504 valence electrons. The summed E-state index contributed by atoms with van der Waals surface area (Å²) in [6.07, 6.45) is 95.5. The molecule has 3 N–H and O–H groups in total. The molecule has 0 radical (unpaired) electrons. The van der Waals surface area contributed by atoms with Crippen LogP contribution < -0.4 is 5.32 Å². The minimum Gasteiger partial charge on any atom is -0.466 e. The molecule has 0 rings (SSSR count). The Kier molecular flexibility index (Phi) is 73.3. The van der Waals surface area contributed by atoms with Crippen LogP contribution in [0.3, 0.4) is 0 Å². The van der Waals surface area contributed by atoms with Crippen LogP contribution in [0, 0.1) is 0 Å². The monoisotopic (exact) mass is 1200 g/mol. The molecule has 0 aromatic carbocycles. The Hall–Kier alpha value is -1.66. The van der Waals surface area contributed by atoms with E-state index in [1.165, 1.54) is 366 Å². The van der Waals surface area contributed by atoms with Crippen LogP contribution in [-0.4, -0.2) is 47.4 Å². The van der Waals surface area contributed by atoms with Gasteiger partial charge in [-0.3, -0.25) is 9.59 Å². The first-order chi connectivity index (χ1) is 42.0. The molecule has 6 heteroatoms. The van der Waals surface area contributed by atoms with E-state index in [1.54, 1.807) is 0 Å². The van der Waals surface area contributed by atoms with Gasteiger partial charge in [-0.15, -0.1) is 0 Å². The number of ether oxygens (including phenoxy) is 1. The number of allylic oxidation sites excluding steroid dienone is 4. The number of rotatable bonds is 74. The lowest BCUT2D eigenvalue weighted by molar-refractivity contribution is -0.143. The summed E-state index contributed by atoms with van der Waals surface area (Å²) in [5.74, 6) is -0.00791. The second-order valence-electron chi connectivity index (χ2n) is 27.0. The predicted molar refractivity (Wildman–Crippen MR) is 375 cm³/mol. The van der Waals surface area contributed by atoms with E-state index in [1.807, 2.05) is 0 Å². The second-order valence-corrected chi connectivity index (χ2v) is 27.0. The molecular formula is C79H153NO5. The molecule has 0 aliphatic carbocycles. The highest BCUT2D eigenvalue weighted by Gasteiger charge is 2.20. The summed E-state index contributed by atoms with van der Waals surface area (Å²) in [4.78, 5) is 24.6. The Bertz CT molecular complexity index is 1330. The highest BCUT2D eigenvalue weighted by Crippen LogP contribution is 2.20. The third-order valence-corrected chi connectivity index (χ3v) is 18.5. The maximum atomic E-state index is 12.6. The Morgan fingerprint density at radius 2 is 0.588 bits per heavy atom. The number of carbonyl (C=O) groups is 2. The summed E-state index contributed by atoms with van der Waals surface area (Å²) < 4.78 is 5.50. The first kappa shape index (κ1) is 83.3. The summed E-state index contributed by atoms with van der Waals surface area (Å²) in [6, 6.07) is -0.540. The summed E-state index contributed by atoms with van der Waals surface area (Å²) in [6.45, 7) is 5.00. The minimum atomic E-state index is -0.663. The standard InChI is InChI=1S/C79H153NO5/c1-3-5-7-9-11-13-15-17-19-20-38-41-44-47-51-55-59-63-67-71-77(82)76(75-81)80-78(83)72-68-64-60-56-52-48-45-42-39-36-34-32-30-28-26-24-22-21-23-25-27-29-31-33-35-37-40-43-46-50-54-58-62-66-70-74-85-79(84)73-69-65-61-57-53-49-18-16-14-12-10-8-6-4-2/h23,25,29,31,76-77,81-82H,3-22,24,26-28,30,32-75H2,1-2H3,(H,80,83)/b25-23-,31-29-. The third-order valence-electron chi connectivity index (χ3n) is 18.5. The molecule has 1 amide bonds. The quantitative estimate of drug-likeness (QED) is 0.0320. The van der Waals surface area contributed by atoms with Crippen LogP contribution in [0.15, 0.2) is 24.3 Å². The number of aliphatic hydroxyl groups excluding tert-OH is 2. The van der Waals surface area contributed by atoms with Crippen LogP contribution in [0.2, 0.25) is 0 Å². The normalized spacial score (nSPS) is 12.6. The Labute approximate surface area is 532 Å². The molecule has 0 bridgehead atoms. The zero-order valence-electron chi connectivity index (χ0n) is 57.9. The molecule has 85 heavy (non-hydrogen) atoms. The first-order valence-electron chi connectivity index (χ1n) is 39.1. The third kappa shape index (κ3) is 71.3. The van der Waals surface area contributed by atoms with E-state index < -0.39 is 12.1 Å². The van der Waals surface area contributed by atoms with Crippen molar-refractivity contribution in [2.75, 3.05) is 13.2 Å². The summed E-state index contributed by atoms with van der Waals surface area (Å²) >= 11 is 0. The largest absolute Gasteiger partial charge is 0.466 e. The van der Waals surface area contributed by atoms with Crippen molar-refractivity contribution in [3.8, 4) is 0 Å². The number of amides is 1. The van der Waals surface area contributed by atoms with Crippen molar-refractivity contribution in [2.45, 2.75) is 456 Å². The highest BCUT2D eigenvalue weighted by molar-refractivity contribution is 5.76. The van der Waals surface area contributed by atoms with Crippen molar-refractivity contribution in [1.82, 2.24) is 5.32 Å². The Morgan fingerprint density at radius 1 is 0.329 bits per heavy atom. The van der Waals surface area contributed by atoms with Gasteiger partial charge in [-0.1, -0.05) is 398 Å². The topological polar surface area (TPSA) is 95.9 Å². The van der Waals surface area contributed by atoms with E-state index in [4.69, 9.17) is 4.74 Å². The average Bonchev–Trinajstić information content (AvgIpc) is 3.51. The summed E-state index contributed by atoms with van der Waals surface area (Å²) in [5.41, 5.74) is 0. The number of hydrogen-bond donors (Lipinski definition) is 3. The van der Waals surface area contributed by atoms with Gasteiger partial charge in [-0.25, -0.2) is 0 Å². The maximum absolute atomic E-state index is 12.6. The highest BCUT2D eigenvalue weighted by atomic mass is 16.5. The van der Waals surface area contributed by atoms with E-state index >= 15 is 0 Å². The molecular weight excluding hydrogens is 1040 g/mol. The van der Waals surface area contributed by atoms with Crippen molar-refractivity contribution in [3.05, 3.63) is 24.3 Å². The lowest BCUT2D eigenvalue weighted by Gasteiger charge is -2.22. The number of aliphatic hydroxyl groups is 2. The van der Waals surface area contributed by atoms with Crippen LogP contribution in [0.1, 0.15) is 444 Å². The van der Waals surface area contributed by atoms with Gasteiger partial charge in [0.1, 0.15) is 0 Å². The maximum Gasteiger partial charge on any atom is 0.305 e. The van der Waals surface area contributed by atoms with E-state index in [9.17, 15) is 19.8 Å². The Balaban J connectivity index is 3.36. The van der Waals surface area contributed by atoms with Crippen molar-refractivity contribution >= 4 is 11.9 Å². The fraction of sp³-hybridized carbons (Fsp3) is 0.924. The first-order valence-corrected chi connectivity index (χ1v) is 39.1. The number of carbonyl (C=O) groups excluding carboxylic acids is 2. The van der Waals surface area contributed by atoms with Gasteiger partial charge in [0.05, 0.1) is 25.4 Å². The summed E-state index contributed by atoms with van der Waals surface area (Å²) in [7, 11) is 0. The predicted octanol–water partition coefficient (Wildman–Crippen LogP) is 25.7. The second kappa shape index (κ2) is 74.8. The molecule has 0 aliphatic rings. The van der Waals surface area contributed by atoms with Crippen LogP contribution in [0.25, 0.3) is 0 Å². The van der Waals surface area contributed by atoms with Crippen molar-refractivity contribution in [3.63, 3.8) is 0 Å². The van der Waals surface area contributed by atoms with Crippen molar-refractivity contribution in [1.29, 1.82) is 0 Å². The van der Waals surface area contributed by atoms with Gasteiger partial charge in [0.2, 0.25) is 5.91 Å². The molecule has 0 fully saturated rings. The van der Waals surface area contributed by atoms with E-state index in [-0.39, 0.29) is 18.5 Å². The molecule has 0 heterocycles. The van der Waals surface area contributed by atoms with Gasteiger partial charge in [0, 0.05) is 12.8 Å². The lowest BCUT2D eigenvalue weighted by atomic mass is 10.0. The molecule has 0 aromatic heterocycles. The van der Waals surface area contributed by atoms with Crippen LogP contribution in [-0.2, 0) is 14.3 Å². The number of nitrogens with one attached hydrogen (secondary N) is 1. The van der Waals surface area contributed by atoms with Crippen LogP contribution in [0.5, 0.6) is 0 Å². The van der Waals surface area contributed by atoms with E-state index in [2.05, 4.69) is 43.5 Å². The molecule has 0 saturated carbocycles. The zero-order valence-corrected chi connectivity index (χ0v) is 57.9.